The third-order valence-electron chi connectivity index (χ3n) is 2.71. The topological polar surface area (TPSA) is 54.0 Å². The van der Waals surface area contributed by atoms with Crippen molar-refractivity contribution in [3.63, 3.8) is 0 Å². The molecule has 88 valence electrons. The molecule has 0 unspecified atom stereocenters. The van der Waals surface area contributed by atoms with E-state index in [1.54, 1.807) is 11.3 Å². The molecule has 0 saturated heterocycles. The second-order valence-corrected chi connectivity index (χ2v) is 5.15. The van der Waals surface area contributed by atoms with Gasteiger partial charge < -0.3 is 10.6 Å². The average Bonchev–Trinajstić information content (AvgIpc) is 2.99. The highest BCUT2D eigenvalue weighted by Crippen LogP contribution is 2.27. The van der Waals surface area contributed by atoms with Crippen molar-refractivity contribution < 1.29 is 4.79 Å². The third kappa shape index (κ3) is 3.57. The molecule has 1 heterocycles. The van der Waals surface area contributed by atoms with Gasteiger partial charge in [-0.3, -0.25) is 4.79 Å². The molecule has 1 amide bonds. The Morgan fingerprint density at radius 1 is 1.62 bits per heavy atom. The molecule has 2 N–H and O–H groups in total. The van der Waals surface area contributed by atoms with Gasteiger partial charge in [-0.1, -0.05) is 0 Å². The quantitative estimate of drug-likeness (QED) is 0.780. The number of hydrogen-bond acceptors (Lipinski definition) is 4. The zero-order valence-electron chi connectivity index (χ0n) is 9.45. The fraction of sp³-hybridized carbons (Fsp3) is 0.636. The van der Waals surface area contributed by atoms with Crippen molar-refractivity contribution in [1.29, 1.82) is 0 Å². The predicted molar refractivity (Wildman–Crippen MR) is 64.3 cm³/mol. The summed E-state index contributed by atoms with van der Waals surface area (Å²) in [7, 11) is 0. The number of thiazole rings is 1. The van der Waals surface area contributed by atoms with Crippen LogP contribution < -0.4 is 10.6 Å². The summed E-state index contributed by atoms with van der Waals surface area (Å²) in [5.41, 5.74) is 2.82. The van der Waals surface area contributed by atoms with Gasteiger partial charge in [0.2, 0.25) is 5.91 Å². The highest BCUT2D eigenvalue weighted by molar-refractivity contribution is 7.09. The van der Waals surface area contributed by atoms with Gasteiger partial charge in [0.25, 0.3) is 0 Å². The number of amides is 1. The van der Waals surface area contributed by atoms with Crippen LogP contribution in [0.5, 0.6) is 0 Å². The van der Waals surface area contributed by atoms with E-state index < -0.39 is 0 Å². The molecular weight excluding hydrogens is 222 g/mol. The second kappa shape index (κ2) is 5.41. The van der Waals surface area contributed by atoms with Gasteiger partial charge >= 0.3 is 0 Å². The summed E-state index contributed by atoms with van der Waals surface area (Å²) in [5, 5.41) is 6.06. The van der Waals surface area contributed by atoms with Crippen LogP contribution in [0.1, 0.15) is 23.4 Å². The van der Waals surface area contributed by atoms with Crippen molar-refractivity contribution in [2.45, 2.75) is 26.3 Å². The van der Waals surface area contributed by atoms with Crippen molar-refractivity contribution in [2.75, 3.05) is 13.1 Å². The summed E-state index contributed by atoms with van der Waals surface area (Å²) in [6.45, 7) is 3.96. The number of nitrogens with zero attached hydrogens (tertiary/aromatic N) is 1. The minimum atomic E-state index is 0.0634. The minimum Gasteiger partial charge on any atom is -0.350 e. The van der Waals surface area contributed by atoms with Crippen LogP contribution in [-0.2, 0) is 11.3 Å². The van der Waals surface area contributed by atoms with E-state index in [-0.39, 0.29) is 5.91 Å². The number of aromatic nitrogens is 1. The SMILES string of the molecule is Cc1ncsc1CNC(=O)CNCC1CC1. The Bertz CT molecular complexity index is 360. The van der Waals surface area contributed by atoms with Crippen LogP contribution in [0.4, 0.5) is 0 Å². The van der Waals surface area contributed by atoms with E-state index in [0.29, 0.717) is 13.1 Å². The van der Waals surface area contributed by atoms with E-state index in [9.17, 15) is 4.79 Å². The van der Waals surface area contributed by atoms with Gasteiger partial charge in [0.05, 0.1) is 24.3 Å². The molecule has 0 bridgehead atoms. The van der Waals surface area contributed by atoms with Crippen LogP contribution in [0.3, 0.4) is 0 Å². The zero-order chi connectivity index (χ0) is 11.4. The maximum atomic E-state index is 11.5. The van der Waals surface area contributed by atoms with Crippen LogP contribution in [0, 0.1) is 12.8 Å². The summed E-state index contributed by atoms with van der Waals surface area (Å²) < 4.78 is 0. The lowest BCUT2D eigenvalue weighted by Gasteiger charge is -2.05. The van der Waals surface area contributed by atoms with Crippen LogP contribution >= 0.6 is 11.3 Å². The maximum absolute atomic E-state index is 11.5. The molecule has 1 aliphatic carbocycles. The van der Waals surface area contributed by atoms with Gasteiger partial charge in [0, 0.05) is 4.88 Å². The van der Waals surface area contributed by atoms with Crippen LogP contribution in [0.25, 0.3) is 0 Å². The van der Waals surface area contributed by atoms with E-state index >= 15 is 0 Å². The first-order valence-electron chi connectivity index (χ1n) is 5.62. The number of nitrogens with one attached hydrogen (secondary N) is 2. The number of hydrogen-bond donors (Lipinski definition) is 2. The van der Waals surface area contributed by atoms with Gasteiger partial charge in [-0.2, -0.15) is 0 Å². The van der Waals surface area contributed by atoms with E-state index in [2.05, 4.69) is 15.6 Å². The fourth-order valence-electron chi connectivity index (χ4n) is 1.45. The Kier molecular flexibility index (Phi) is 3.90. The van der Waals surface area contributed by atoms with E-state index in [1.807, 2.05) is 12.4 Å². The van der Waals surface area contributed by atoms with Gasteiger partial charge in [0.15, 0.2) is 0 Å². The summed E-state index contributed by atoms with van der Waals surface area (Å²) in [4.78, 5) is 16.7. The molecule has 4 nitrogen and oxygen atoms in total. The molecule has 0 spiro atoms. The molecule has 0 atom stereocenters. The molecule has 0 aromatic carbocycles. The molecule has 0 aliphatic heterocycles. The van der Waals surface area contributed by atoms with E-state index in [0.717, 1.165) is 23.0 Å². The van der Waals surface area contributed by atoms with Gasteiger partial charge in [-0.05, 0) is 32.2 Å². The lowest BCUT2D eigenvalue weighted by Crippen LogP contribution is -2.34. The molecule has 16 heavy (non-hydrogen) atoms. The van der Waals surface area contributed by atoms with Crippen LogP contribution in [-0.4, -0.2) is 24.0 Å². The lowest BCUT2D eigenvalue weighted by molar-refractivity contribution is -0.120. The standard InChI is InChI=1S/C11H17N3OS/c1-8-10(16-7-14-8)5-13-11(15)6-12-4-9-2-3-9/h7,9,12H,2-6H2,1H3,(H,13,15). The van der Waals surface area contributed by atoms with Crippen molar-refractivity contribution in [3.8, 4) is 0 Å². The zero-order valence-corrected chi connectivity index (χ0v) is 10.3. The fourth-order valence-corrected chi connectivity index (χ4v) is 2.17. The molecule has 1 fully saturated rings. The largest absolute Gasteiger partial charge is 0.350 e. The smallest absolute Gasteiger partial charge is 0.234 e. The van der Waals surface area contributed by atoms with Crippen LogP contribution in [0.2, 0.25) is 0 Å². The Labute approximate surface area is 99.5 Å². The van der Waals surface area contributed by atoms with Gasteiger partial charge in [-0.25, -0.2) is 4.98 Å². The normalized spacial score (nSPS) is 15.1. The van der Waals surface area contributed by atoms with Gasteiger partial charge in [-0.15, -0.1) is 11.3 Å². The molecule has 0 radical (unpaired) electrons. The first-order valence-corrected chi connectivity index (χ1v) is 6.50. The Morgan fingerprint density at radius 2 is 2.44 bits per heavy atom. The van der Waals surface area contributed by atoms with Crippen LogP contribution in [0.15, 0.2) is 5.51 Å². The summed E-state index contributed by atoms with van der Waals surface area (Å²) >= 11 is 1.58. The molecule has 1 aliphatic rings. The highest BCUT2D eigenvalue weighted by Gasteiger charge is 2.20. The Hall–Kier alpha value is -0.940. The summed E-state index contributed by atoms with van der Waals surface area (Å²) in [6, 6.07) is 0. The van der Waals surface area contributed by atoms with E-state index in [1.165, 1.54) is 12.8 Å². The molecule has 5 heteroatoms. The second-order valence-electron chi connectivity index (χ2n) is 4.21. The Morgan fingerprint density at radius 3 is 3.06 bits per heavy atom. The summed E-state index contributed by atoms with van der Waals surface area (Å²) in [5.74, 6) is 0.880. The van der Waals surface area contributed by atoms with Crippen molar-refractivity contribution in [2.24, 2.45) is 5.92 Å². The van der Waals surface area contributed by atoms with Crippen molar-refractivity contribution in [1.82, 2.24) is 15.6 Å². The molecule has 1 aromatic rings. The third-order valence-corrected chi connectivity index (χ3v) is 3.64. The molecule has 1 saturated carbocycles. The number of carbonyl (C=O) groups is 1. The average molecular weight is 239 g/mol. The monoisotopic (exact) mass is 239 g/mol. The Balaban J connectivity index is 1.61. The molecule has 1 aromatic heterocycles. The number of rotatable bonds is 6. The van der Waals surface area contributed by atoms with Gasteiger partial charge in [0.1, 0.15) is 0 Å². The van der Waals surface area contributed by atoms with Crippen molar-refractivity contribution in [3.05, 3.63) is 16.1 Å². The van der Waals surface area contributed by atoms with E-state index in [4.69, 9.17) is 0 Å². The summed E-state index contributed by atoms with van der Waals surface area (Å²) in [6.07, 6.45) is 2.63. The first-order chi connectivity index (χ1) is 7.75. The lowest BCUT2D eigenvalue weighted by atomic mass is 10.4. The predicted octanol–water partition coefficient (Wildman–Crippen LogP) is 1.07. The maximum Gasteiger partial charge on any atom is 0.234 e. The first kappa shape index (κ1) is 11.5. The van der Waals surface area contributed by atoms with Crippen molar-refractivity contribution >= 4 is 17.2 Å². The number of carbonyl (C=O) groups excluding carboxylic acids is 1. The molecule has 2 rings (SSSR count). The highest BCUT2D eigenvalue weighted by atomic mass is 32.1. The number of aryl methyl sites for hydroxylation is 1. The minimum absolute atomic E-state index is 0.0634. The molecular formula is C11H17N3OS.